The summed E-state index contributed by atoms with van der Waals surface area (Å²) in [6, 6.07) is 12.2. The Bertz CT molecular complexity index is 1230. The number of piperidine rings is 1. The molecule has 8 heteroatoms. The van der Waals surface area contributed by atoms with Crippen molar-refractivity contribution in [3.8, 4) is 11.5 Å². The van der Waals surface area contributed by atoms with Gasteiger partial charge in [-0.15, -0.1) is 0 Å². The summed E-state index contributed by atoms with van der Waals surface area (Å²) in [5, 5.41) is 15.4. The number of aryl methyl sites for hydroxylation is 1. The summed E-state index contributed by atoms with van der Waals surface area (Å²) in [4.78, 5) is 15.2. The Labute approximate surface area is 210 Å². The molecule has 3 N–H and O–H groups in total. The van der Waals surface area contributed by atoms with Gasteiger partial charge in [-0.05, 0) is 81.0 Å². The Hall–Kier alpha value is -2.97. The number of thioether (sulfide) groups is 1. The molecule has 0 aliphatic carbocycles. The second-order valence-electron chi connectivity index (χ2n) is 9.11. The molecule has 0 bridgehead atoms. The molecule has 3 aromatic rings. The third-order valence-electron chi connectivity index (χ3n) is 7.00. The van der Waals surface area contributed by atoms with Crippen molar-refractivity contribution >= 4 is 34.6 Å². The van der Waals surface area contributed by atoms with E-state index < -0.39 is 0 Å². The van der Waals surface area contributed by atoms with Crippen molar-refractivity contribution in [2.75, 3.05) is 27.3 Å². The maximum absolute atomic E-state index is 13.4. The minimum atomic E-state index is -0.00486. The number of aromatic nitrogens is 2. The van der Waals surface area contributed by atoms with E-state index in [0.29, 0.717) is 10.8 Å². The van der Waals surface area contributed by atoms with Crippen LogP contribution in [0.3, 0.4) is 0 Å². The summed E-state index contributed by atoms with van der Waals surface area (Å²) < 4.78 is 11.1. The summed E-state index contributed by atoms with van der Waals surface area (Å²) in [6.45, 7) is 2.00. The van der Waals surface area contributed by atoms with Crippen LogP contribution in [0.1, 0.15) is 36.9 Å². The van der Waals surface area contributed by atoms with Gasteiger partial charge in [-0.25, -0.2) is 0 Å². The molecule has 2 aromatic carbocycles. The van der Waals surface area contributed by atoms with Gasteiger partial charge in [-0.3, -0.25) is 9.89 Å². The third kappa shape index (κ3) is 5.04. The number of rotatable bonds is 9. The zero-order valence-electron chi connectivity index (χ0n) is 20.2. The van der Waals surface area contributed by atoms with E-state index in [1.807, 2.05) is 30.3 Å². The molecule has 1 amide bonds. The Kier molecular flexibility index (Phi) is 7.29. The lowest BCUT2D eigenvalue weighted by Gasteiger charge is -2.32. The van der Waals surface area contributed by atoms with Crippen LogP contribution in [0.2, 0.25) is 0 Å². The highest BCUT2D eigenvalue weighted by atomic mass is 32.2. The minimum absolute atomic E-state index is 0.00486. The van der Waals surface area contributed by atoms with Crippen LogP contribution < -0.4 is 20.1 Å². The molecule has 3 heterocycles. The van der Waals surface area contributed by atoms with Crippen molar-refractivity contribution in [1.82, 2.24) is 20.8 Å². The Morgan fingerprint density at radius 2 is 2.00 bits per heavy atom. The zero-order chi connectivity index (χ0) is 24.2. The van der Waals surface area contributed by atoms with Gasteiger partial charge in [0.15, 0.2) is 11.5 Å². The fourth-order valence-corrected chi connectivity index (χ4v) is 6.24. The van der Waals surface area contributed by atoms with E-state index in [0.717, 1.165) is 83.7 Å². The molecule has 1 aromatic heterocycles. The van der Waals surface area contributed by atoms with Gasteiger partial charge in [0.25, 0.3) is 5.91 Å². The van der Waals surface area contributed by atoms with Crippen LogP contribution in [-0.2, 0) is 11.2 Å². The molecule has 1 saturated heterocycles. The van der Waals surface area contributed by atoms with Crippen molar-refractivity contribution in [2.24, 2.45) is 5.92 Å². The Balaban J connectivity index is 1.29. The second-order valence-corrected chi connectivity index (χ2v) is 10.2. The Morgan fingerprint density at radius 1 is 1.17 bits per heavy atom. The molecular weight excluding hydrogens is 460 g/mol. The molecule has 0 radical (unpaired) electrons. The largest absolute Gasteiger partial charge is 0.493 e. The van der Waals surface area contributed by atoms with Crippen molar-refractivity contribution in [2.45, 2.75) is 43.0 Å². The van der Waals surface area contributed by atoms with Crippen LogP contribution in [0.4, 0.5) is 0 Å². The van der Waals surface area contributed by atoms with Gasteiger partial charge in [0, 0.05) is 16.3 Å². The number of nitrogens with zero attached hydrogens (tertiary/aromatic N) is 1. The first-order valence-electron chi connectivity index (χ1n) is 12.3. The quantitative estimate of drug-likeness (QED) is 0.407. The molecule has 184 valence electrons. The number of amides is 1. The standard InChI is InChI=1S/C27H32N4O3S/c1-33-22-10-4-7-18(26(22)34-2)6-3-8-19(17-12-14-28-15-13-17)29-27(32)24-16-21-25-20(30-31-21)9-5-11-23(25)35-24/h4-5,7,9-11,16-17,19,28H,3,6,8,12-15H2,1-2H3,(H,29,32)(H,30,31). The van der Waals surface area contributed by atoms with Gasteiger partial charge in [0.1, 0.15) is 0 Å². The molecule has 2 aliphatic rings. The van der Waals surface area contributed by atoms with E-state index in [9.17, 15) is 4.79 Å². The molecule has 1 unspecified atom stereocenters. The zero-order valence-corrected chi connectivity index (χ0v) is 21.0. The summed E-state index contributed by atoms with van der Waals surface area (Å²) in [5.74, 6) is 2.01. The topological polar surface area (TPSA) is 88.3 Å². The van der Waals surface area contributed by atoms with E-state index in [-0.39, 0.29) is 11.9 Å². The average Bonchev–Trinajstić information content (AvgIpc) is 3.32. The first kappa shape index (κ1) is 23.8. The molecule has 7 nitrogen and oxygen atoms in total. The summed E-state index contributed by atoms with van der Waals surface area (Å²) >= 11 is 1.53. The average molecular weight is 493 g/mol. The van der Waals surface area contributed by atoms with Gasteiger partial charge >= 0.3 is 0 Å². The van der Waals surface area contributed by atoms with Gasteiger partial charge < -0.3 is 20.1 Å². The molecule has 1 atom stereocenters. The first-order chi connectivity index (χ1) is 17.2. The maximum Gasteiger partial charge on any atom is 0.258 e. The van der Waals surface area contributed by atoms with E-state index in [1.54, 1.807) is 14.2 Å². The predicted molar refractivity (Wildman–Crippen MR) is 140 cm³/mol. The number of aromatic amines is 1. The van der Waals surface area contributed by atoms with Crippen LogP contribution in [0.25, 0.3) is 17.0 Å². The van der Waals surface area contributed by atoms with Crippen molar-refractivity contribution in [3.63, 3.8) is 0 Å². The second kappa shape index (κ2) is 10.7. The first-order valence-corrected chi connectivity index (χ1v) is 13.1. The van der Waals surface area contributed by atoms with E-state index >= 15 is 0 Å². The lowest BCUT2D eigenvalue weighted by Crippen LogP contribution is -2.44. The number of nitrogens with one attached hydrogen (secondary N) is 3. The molecular formula is C27H32N4O3S. The molecule has 5 rings (SSSR count). The lowest BCUT2D eigenvalue weighted by atomic mass is 9.86. The molecule has 2 aliphatic heterocycles. The summed E-state index contributed by atoms with van der Waals surface area (Å²) in [7, 11) is 3.34. The number of methoxy groups -OCH3 is 2. The van der Waals surface area contributed by atoms with Crippen LogP contribution >= 0.6 is 11.8 Å². The van der Waals surface area contributed by atoms with Gasteiger partial charge in [-0.1, -0.05) is 30.0 Å². The fraction of sp³-hybridized carbons (Fsp3) is 0.407. The summed E-state index contributed by atoms with van der Waals surface area (Å²) in [6.07, 6.45) is 6.82. The maximum atomic E-state index is 13.4. The van der Waals surface area contributed by atoms with Crippen LogP contribution in [-0.4, -0.2) is 49.5 Å². The Morgan fingerprint density at radius 3 is 2.80 bits per heavy atom. The van der Waals surface area contributed by atoms with E-state index in [4.69, 9.17) is 9.47 Å². The number of carbonyl (C=O) groups is 1. The molecule has 1 fully saturated rings. The van der Waals surface area contributed by atoms with Crippen LogP contribution in [0, 0.1) is 5.92 Å². The van der Waals surface area contributed by atoms with Gasteiger partial charge in [-0.2, -0.15) is 5.10 Å². The monoisotopic (exact) mass is 492 g/mol. The lowest BCUT2D eigenvalue weighted by molar-refractivity contribution is -0.117. The molecule has 0 spiro atoms. The van der Waals surface area contributed by atoms with Gasteiger partial charge in [0.05, 0.1) is 30.3 Å². The normalized spacial score (nSPS) is 16.6. The SMILES string of the molecule is COc1cccc(CCCC(NC(=O)C2=Cc3[nH]nc4cccc(c34)S2)C2CCNCC2)c1OC. The fourth-order valence-electron chi connectivity index (χ4n) is 5.22. The minimum Gasteiger partial charge on any atom is -0.493 e. The highest BCUT2D eigenvalue weighted by Gasteiger charge is 2.28. The van der Waals surface area contributed by atoms with E-state index in [2.05, 4.69) is 33.0 Å². The highest BCUT2D eigenvalue weighted by molar-refractivity contribution is 8.04. The van der Waals surface area contributed by atoms with Crippen LogP contribution in [0.5, 0.6) is 11.5 Å². The molecule has 0 saturated carbocycles. The number of benzene rings is 2. The van der Waals surface area contributed by atoms with Crippen LogP contribution in [0.15, 0.2) is 46.2 Å². The number of hydrogen-bond donors (Lipinski definition) is 3. The summed E-state index contributed by atoms with van der Waals surface area (Å²) in [5.41, 5.74) is 2.97. The number of H-pyrrole nitrogens is 1. The smallest absolute Gasteiger partial charge is 0.258 e. The number of ether oxygens (including phenoxy) is 2. The van der Waals surface area contributed by atoms with Crippen molar-refractivity contribution < 1.29 is 14.3 Å². The number of para-hydroxylation sites is 1. The number of carbonyl (C=O) groups excluding carboxylic acids is 1. The molecule has 35 heavy (non-hydrogen) atoms. The van der Waals surface area contributed by atoms with E-state index in [1.165, 1.54) is 11.8 Å². The van der Waals surface area contributed by atoms with Gasteiger partial charge in [0.2, 0.25) is 0 Å². The van der Waals surface area contributed by atoms with Crippen molar-refractivity contribution in [1.29, 1.82) is 0 Å². The van der Waals surface area contributed by atoms with Crippen molar-refractivity contribution in [3.05, 3.63) is 52.6 Å². The highest BCUT2D eigenvalue weighted by Crippen LogP contribution is 2.40. The number of hydrogen-bond acceptors (Lipinski definition) is 6. The third-order valence-corrected chi connectivity index (χ3v) is 8.09. The predicted octanol–water partition coefficient (Wildman–Crippen LogP) is 4.53.